The molecule has 0 aliphatic carbocycles. The Morgan fingerprint density at radius 2 is 2.10 bits per heavy atom. The van der Waals surface area contributed by atoms with Crippen LogP contribution in [-0.2, 0) is 4.79 Å². The molecule has 5 heteroatoms. The molecule has 21 heavy (non-hydrogen) atoms. The van der Waals surface area contributed by atoms with Crippen LogP contribution in [0, 0.1) is 0 Å². The Morgan fingerprint density at radius 1 is 1.29 bits per heavy atom. The number of nitrogens with one attached hydrogen (secondary N) is 2. The highest BCUT2D eigenvalue weighted by Gasteiger charge is 2.35. The zero-order chi connectivity index (χ0) is 14.7. The van der Waals surface area contributed by atoms with Crippen LogP contribution in [-0.4, -0.2) is 59.5 Å². The summed E-state index contributed by atoms with van der Waals surface area (Å²) in [5, 5.41) is 3.32. The van der Waals surface area contributed by atoms with E-state index in [0.717, 1.165) is 38.4 Å². The standard InChI is InChI=1S/C16H26N4O/c1-13-5-2-3-10-20(13)15(14-6-4-7-18-14)16(21)19-11-8-17-9-12-19/h4,6-7,13,15,17-18H,2-3,5,8-12H2,1H3. The molecule has 0 radical (unpaired) electrons. The van der Waals surface area contributed by atoms with Crippen molar-refractivity contribution in [3.63, 3.8) is 0 Å². The van der Waals surface area contributed by atoms with Gasteiger partial charge in [-0.15, -0.1) is 0 Å². The van der Waals surface area contributed by atoms with Crippen molar-refractivity contribution in [1.29, 1.82) is 0 Å². The molecule has 0 bridgehead atoms. The van der Waals surface area contributed by atoms with Crippen LogP contribution in [0.4, 0.5) is 0 Å². The third kappa shape index (κ3) is 3.14. The van der Waals surface area contributed by atoms with Gasteiger partial charge in [-0.25, -0.2) is 0 Å². The zero-order valence-electron chi connectivity index (χ0n) is 12.8. The van der Waals surface area contributed by atoms with Gasteiger partial charge in [-0.3, -0.25) is 9.69 Å². The molecule has 2 atom stereocenters. The van der Waals surface area contributed by atoms with Crippen molar-refractivity contribution >= 4 is 5.91 Å². The Morgan fingerprint density at radius 3 is 2.76 bits per heavy atom. The second kappa shape index (κ2) is 6.62. The van der Waals surface area contributed by atoms with E-state index >= 15 is 0 Å². The zero-order valence-corrected chi connectivity index (χ0v) is 12.8. The summed E-state index contributed by atoms with van der Waals surface area (Å²) in [5.74, 6) is 0.257. The van der Waals surface area contributed by atoms with Gasteiger partial charge >= 0.3 is 0 Å². The summed E-state index contributed by atoms with van der Waals surface area (Å²) >= 11 is 0. The number of H-pyrrole nitrogens is 1. The summed E-state index contributed by atoms with van der Waals surface area (Å²) in [5.41, 5.74) is 1.03. The lowest BCUT2D eigenvalue weighted by molar-refractivity contribution is -0.139. The molecule has 5 nitrogen and oxygen atoms in total. The lowest BCUT2D eigenvalue weighted by Crippen LogP contribution is -2.53. The van der Waals surface area contributed by atoms with Crippen molar-refractivity contribution < 1.29 is 4.79 Å². The van der Waals surface area contributed by atoms with Crippen LogP contribution in [0.3, 0.4) is 0 Å². The molecule has 2 unspecified atom stereocenters. The minimum atomic E-state index is -0.145. The van der Waals surface area contributed by atoms with Crippen molar-refractivity contribution in [3.8, 4) is 0 Å². The summed E-state index contributed by atoms with van der Waals surface area (Å²) in [6.45, 7) is 6.71. The van der Waals surface area contributed by atoms with Gasteiger partial charge in [0.15, 0.2) is 0 Å². The molecular formula is C16H26N4O. The molecule has 2 N–H and O–H groups in total. The topological polar surface area (TPSA) is 51.4 Å². The number of piperazine rings is 1. The minimum Gasteiger partial charge on any atom is -0.363 e. The lowest BCUT2D eigenvalue weighted by Gasteiger charge is -2.41. The second-order valence-electron chi connectivity index (χ2n) is 6.19. The highest BCUT2D eigenvalue weighted by atomic mass is 16.2. The Kier molecular flexibility index (Phi) is 4.60. The molecule has 3 rings (SSSR count). The number of amides is 1. The number of aromatic amines is 1. The molecule has 0 saturated carbocycles. The van der Waals surface area contributed by atoms with Gasteiger partial charge in [0.25, 0.3) is 0 Å². The predicted molar refractivity (Wildman–Crippen MR) is 83.0 cm³/mol. The Bertz CT molecular complexity index is 453. The molecule has 0 aromatic carbocycles. The van der Waals surface area contributed by atoms with Gasteiger partial charge in [0, 0.05) is 44.1 Å². The number of hydrogen-bond acceptors (Lipinski definition) is 3. The molecular weight excluding hydrogens is 264 g/mol. The monoisotopic (exact) mass is 290 g/mol. The second-order valence-corrected chi connectivity index (χ2v) is 6.19. The Labute approximate surface area is 126 Å². The summed E-state index contributed by atoms with van der Waals surface area (Å²) in [6.07, 6.45) is 5.57. The fraction of sp³-hybridized carbons (Fsp3) is 0.688. The largest absolute Gasteiger partial charge is 0.363 e. The van der Waals surface area contributed by atoms with Crippen molar-refractivity contribution in [1.82, 2.24) is 20.1 Å². The average Bonchev–Trinajstić information content (AvgIpc) is 3.04. The van der Waals surface area contributed by atoms with Gasteiger partial charge in [-0.2, -0.15) is 0 Å². The van der Waals surface area contributed by atoms with E-state index in [-0.39, 0.29) is 11.9 Å². The molecule has 2 aliphatic rings. The van der Waals surface area contributed by atoms with E-state index in [2.05, 4.69) is 22.1 Å². The third-order valence-corrected chi connectivity index (χ3v) is 4.77. The summed E-state index contributed by atoms with van der Waals surface area (Å²) in [7, 11) is 0. The van der Waals surface area contributed by atoms with Crippen LogP contribution in [0.5, 0.6) is 0 Å². The molecule has 0 spiro atoms. The van der Waals surface area contributed by atoms with E-state index in [9.17, 15) is 4.79 Å². The molecule has 3 heterocycles. The van der Waals surface area contributed by atoms with Crippen LogP contribution in [0.1, 0.15) is 37.9 Å². The normalized spacial score (nSPS) is 25.8. The highest BCUT2D eigenvalue weighted by Crippen LogP contribution is 2.29. The first-order valence-corrected chi connectivity index (χ1v) is 8.16. The van der Waals surface area contributed by atoms with Crippen molar-refractivity contribution in [3.05, 3.63) is 24.0 Å². The van der Waals surface area contributed by atoms with E-state index in [4.69, 9.17) is 0 Å². The number of piperidine rings is 1. The quantitative estimate of drug-likeness (QED) is 0.884. The van der Waals surface area contributed by atoms with Crippen molar-refractivity contribution in [2.75, 3.05) is 32.7 Å². The number of aromatic nitrogens is 1. The van der Waals surface area contributed by atoms with E-state index < -0.39 is 0 Å². The number of rotatable bonds is 3. The van der Waals surface area contributed by atoms with Crippen LogP contribution in [0.15, 0.2) is 18.3 Å². The molecule has 2 aliphatic heterocycles. The van der Waals surface area contributed by atoms with E-state index in [1.54, 1.807) is 0 Å². The maximum absolute atomic E-state index is 13.1. The lowest BCUT2D eigenvalue weighted by atomic mass is 9.99. The number of carbonyl (C=O) groups excluding carboxylic acids is 1. The van der Waals surface area contributed by atoms with Crippen LogP contribution in [0.25, 0.3) is 0 Å². The maximum atomic E-state index is 13.1. The highest BCUT2D eigenvalue weighted by molar-refractivity contribution is 5.83. The SMILES string of the molecule is CC1CCCCN1C(C(=O)N1CCNCC1)c1ccc[nH]1. The fourth-order valence-corrected chi connectivity index (χ4v) is 3.53. The minimum absolute atomic E-state index is 0.145. The van der Waals surface area contributed by atoms with Crippen LogP contribution in [0.2, 0.25) is 0 Å². The van der Waals surface area contributed by atoms with E-state index in [1.807, 2.05) is 23.2 Å². The predicted octanol–water partition coefficient (Wildman–Crippen LogP) is 1.36. The summed E-state index contributed by atoms with van der Waals surface area (Å²) in [6, 6.07) is 4.36. The molecule has 1 amide bonds. The van der Waals surface area contributed by atoms with Gasteiger partial charge in [-0.1, -0.05) is 6.42 Å². The fourth-order valence-electron chi connectivity index (χ4n) is 3.53. The average molecular weight is 290 g/mol. The molecule has 1 aromatic rings. The number of nitrogens with zero attached hydrogens (tertiary/aromatic N) is 2. The number of hydrogen-bond donors (Lipinski definition) is 2. The molecule has 116 valence electrons. The maximum Gasteiger partial charge on any atom is 0.246 e. The first-order valence-electron chi connectivity index (χ1n) is 8.16. The third-order valence-electron chi connectivity index (χ3n) is 4.77. The van der Waals surface area contributed by atoms with Gasteiger partial charge in [0.05, 0.1) is 0 Å². The number of likely N-dealkylation sites (tertiary alicyclic amines) is 1. The van der Waals surface area contributed by atoms with Crippen molar-refractivity contribution in [2.24, 2.45) is 0 Å². The smallest absolute Gasteiger partial charge is 0.246 e. The number of carbonyl (C=O) groups is 1. The molecule has 2 fully saturated rings. The van der Waals surface area contributed by atoms with E-state index in [0.29, 0.717) is 6.04 Å². The first-order chi connectivity index (χ1) is 10.3. The van der Waals surface area contributed by atoms with Gasteiger partial charge in [0.2, 0.25) is 5.91 Å². The van der Waals surface area contributed by atoms with Gasteiger partial charge in [-0.05, 0) is 38.4 Å². The Balaban J connectivity index is 1.83. The van der Waals surface area contributed by atoms with Crippen LogP contribution < -0.4 is 5.32 Å². The van der Waals surface area contributed by atoms with E-state index in [1.165, 1.54) is 19.3 Å². The van der Waals surface area contributed by atoms with Crippen molar-refractivity contribution in [2.45, 2.75) is 38.3 Å². The molecule has 1 aromatic heterocycles. The van der Waals surface area contributed by atoms with Crippen LogP contribution >= 0.6 is 0 Å². The Hall–Kier alpha value is -1.33. The summed E-state index contributed by atoms with van der Waals surface area (Å²) < 4.78 is 0. The van der Waals surface area contributed by atoms with Gasteiger partial charge in [0.1, 0.15) is 6.04 Å². The van der Waals surface area contributed by atoms with Gasteiger partial charge < -0.3 is 15.2 Å². The molecule has 2 saturated heterocycles. The summed E-state index contributed by atoms with van der Waals surface area (Å²) in [4.78, 5) is 20.8. The first kappa shape index (κ1) is 14.6.